The smallest absolute Gasteiger partial charge is 0.326 e. The Balaban J connectivity index is 1.70. The monoisotopic (exact) mass is 302 g/mol. The topological polar surface area (TPSA) is 70.5 Å². The number of carbonyl (C=O) groups excluding carboxylic acids is 1. The number of carbonyl (C=O) groups is 2. The molecule has 6 heteroatoms. The number of hydrogen-bond acceptors (Lipinski definition) is 4. The number of rotatable bonds is 4. The van der Waals surface area contributed by atoms with E-state index >= 15 is 0 Å². The van der Waals surface area contributed by atoms with Crippen LogP contribution >= 0.6 is 11.3 Å². The lowest BCUT2D eigenvalue weighted by atomic mass is 10.0. The predicted molar refractivity (Wildman–Crippen MR) is 78.4 cm³/mol. The quantitative estimate of drug-likeness (QED) is 0.938. The molecule has 2 aromatic rings. The third-order valence-electron chi connectivity index (χ3n) is 3.53. The Morgan fingerprint density at radius 3 is 2.71 bits per heavy atom. The van der Waals surface area contributed by atoms with E-state index in [0.717, 1.165) is 10.6 Å². The Morgan fingerprint density at radius 1 is 1.33 bits per heavy atom. The van der Waals surface area contributed by atoms with E-state index < -0.39 is 12.0 Å². The van der Waals surface area contributed by atoms with Crippen molar-refractivity contribution in [3.05, 3.63) is 52.0 Å². The number of carboxylic acid groups (broad SMARTS) is 1. The van der Waals surface area contributed by atoms with Gasteiger partial charge in [-0.3, -0.25) is 4.79 Å². The average molecular weight is 302 g/mol. The van der Waals surface area contributed by atoms with Gasteiger partial charge in [0, 0.05) is 18.3 Å². The van der Waals surface area contributed by atoms with E-state index in [1.54, 1.807) is 5.38 Å². The summed E-state index contributed by atoms with van der Waals surface area (Å²) in [6.07, 6.45) is 1.20. The molecule has 0 aliphatic carbocycles. The Labute approximate surface area is 125 Å². The fourth-order valence-electron chi connectivity index (χ4n) is 2.30. The molecule has 1 saturated heterocycles. The van der Waals surface area contributed by atoms with Crippen LogP contribution in [-0.4, -0.2) is 39.5 Å². The molecule has 1 N–H and O–H groups in total. The Morgan fingerprint density at radius 2 is 2.10 bits per heavy atom. The standard InChI is InChI=1S/C15H14N2O3S/c18-14(17-7-6-12(17)15(19)20)11-9-21-13(16-11)8-10-4-2-1-3-5-10/h1-5,9,12H,6-8H2,(H,19,20)/t12-/m0/s1. The molecule has 108 valence electrons. The summed E-state index contributed by atoms with van der Waals surface area (Å²) in [5.74, 6) is -1.24. The van der Waals surface area contributed by atoms with E-state index in [1.807, 2.05) is 30.3 Å². The number of hydrogen-bond donors (Lipinski definition) is 1. The molecule has 3 rings (SSSR count). The molecule has 0 radical (unpaired) electrons. The van der Waals surface area contributed by atoms with Gasteiger partial charge < -0.3 is 10.0 Å². The summed E-state index contributed by atoms with van der Waals surface area (Å²) in [6.45, 7) is 0.487. The summed E-state index contributed by atoms with van der Waals surface area (Å²) < 4.78 is 0. The molecule has 1 aliphatic rings. The Kier molecular flexibility index (Phi) is 3.70. The lowest BCUT2D eigenvalue weighted by Crippen LogP contribution is -2.55. The van der Waals surface area contributed by atoms with Crippen LogP contribution in [0.5, 0.6) is 0 Å². The first-order chi connectivity index (χ1) is 10.1. The van der Waals surface area contributed by atoms with Crippen LogP contribution < -0.4 is 0 Å². The lowest BCUT2D eigenvalue weighted by molar-refractivity contribution is -0.146. The fourth-order valence-corrected chi connectivity index (χ4v) is 3.10. The second-order valence-corrected chi connectivity index (χ2v) is 5.87. The fraction of sp³-hybridized carbons (Fsp3) is 0.267. The van der Waals surface area contributed by atoms with Crippen LogP contribution in [0.3, 0.4) is 0 Å². The number of benzene rings is 1. The van der Waals surface area contributed by atoms with Crippen molar-refractivity contribution in [2.24, 2.45) is 0 Å². The highest BCUT2D eigenvalue weighted by Crippen LogP contribution is 2.22. The number of thiazole rings is 1. The molecule has 1 amide bonds. The first-order valence-corrected chi connectivity index (χ1v) is 7.55. The van der Waals surface area contributed by atoms with Crippen LogP contribution in [0.25, 0.3) is 0 Å². The van der Waals surface area contributed by atoms with Gasteiger partial charge >= 0.3 is 5.97 Å². The van der Waals surface area contributed by atoms with Gasteiger partial charge in [-0.25, -0.2) is 9.78 Å². The number of carboxylic acids is 1. The van der Waals surface area contributed by atoms with E-state index in [2.05, 4.69) is 4.98 Å². The van der Waals surface area contributed by atoms with Gasteiger partial charge in [0.15, 0.2) is 0 Å². The Bertz CT molecular complexity index is 669. The van der Waals surface area contributed by atoms with Crippen molar-refractivity contribution in [3.8, 4) is 0 Å². The van der Waals surface area contributed by atoms with Gasteiger partial charge in [0.1, 0.15) is 11.7 Å². The van der Waals surface area contributed by atoms with Gasteiger partial charge in [-0.15, -0.1) is 11.3 Å². The molecule has 0 unspecified atom stereocenters. The van der Waals surface area contributed by atoms with Gasteiger partial charge in [-0.1, -0.05) is 30.3 Å². The SMILES string of the molecule is O=C(O)[C@@H]1CCN1C(=O)c1csc(Cc2ccccc2)n1. The van der Waals surface area contributed by atoms with Crippen molar-refractivity contribution >= 4 is 23.2 Å². The summed E-state index contributed by atoms with van der Waals surface area (Å²) in [4.78, 5) is 28.9. The number of amides is 1. The van der Waals surface area contributed by atoms with E-state index in [4.69, 9.17) is 5.11 Å². The van der Waals surface area contributed by atoms with E-state index in [0.29, 0.717) is 25.1 Å². The second-order valence-electron chi connectivity index (χ2n) is 4.93. The van der Waals surface area contributed by atoms with Gasteiger partial charge in [0.05, 0.1) is 5.01 Å². The van der Waals surface area contributed by atoms with Gasteiger partial charge in [0.2, 0.25) is 0 Å². The highest BCUT2D eigenvalue weighted by atomic mass is 32.1. The molecule has 2 heterocycles. The minimum atomic E-state index is -0.950. The third kappa shape index (κ3) is 2.80. The maximum absolute atomic E-state index is 12.2. The maximum Gasteiger partial charge on any atom is 0.326 e. The molecule has 1 aromatic carbocycles. The summed E-state index contributed by atoms with van der Waals surface area (Å²) >= 11 is 1.43. The summed E-state index contributed by atoms with van der Waals surface area (Å²) in [5.41, 5.74) is 1.48. The van der Waals surface area contributed by atoms with Crippen molar-refractivity contribution < 1.29 is 14.7 Å². The first-order valence-electron chi connectivity index (χ1n) is 6.67. The first kappa shape index (κ1) is 13.8. The highest BCUT2D eigenvalue weighted by molar-refractivity contribution is 7.09. The zero-order valence-electron chi connectivity index (χ0n) is 11.2. The van der Waals surface area contributed by atoms with Crippen LogP contribution in [0, 0.1) is 0 Å². The van der Waals surface area contributed by atoms with E-state index in [9.17, 15) is 9.59 Å². The zero-order valence-corrected chi connectivity index (χ0v) is 12.0. The van der Waals surface area contributed by atoms with E-state index in [1.165, 1.54) is 16.2 Å². The molecule has 0 bridgehead atoms. The van der Waals surface area contributed by atoms with Gasteiger partial charge in [-0.05, 0) is 12.0 Å². The number of aliphatic carboxylic acids is 1. The highest BCUT2D eigenvalue weighted by Gasteiger charge is 2.38. The zero-order chi connectivity index (χ0) is 14.8. The molecule has 1 aliphatic heterocycles. The second kappa shape index (κ2) is 5.65. The summed E-state index contributed by atoms with van der Waals surface area (Å²) in [5, 5.41) is 11.6. The molecule has 5 nitrogen and oxygen atoms in total. The van der Waals surface area contributed by atoms with Crippen molar-refractivity contribution in [1.82, 2.24) is 9.88 Å². The normalized spacial score (nSPS) is 17.3. The van der Waals surface area contributed by atoms with Crippen LogP contribution in [0.15, 0.2) is 35.7 Å². The Hall–Kier alpha value is -2.21. The van der Waals surface area contributed by atoms with Crippen LogP contribution in [0.1, 0.15) is 27.5 Å². The maximum atomic E-state index is 12.2. The molecular weight excluding hydrogens is 288 g/mol. The minimum absolute atomic E-state index is 0.288. The predicted octanol–water partition coefficient (Wildman–Crippen LogP) is 2.03. The van der Waals surface area contributed by atoms with Gasteiger partial charge in [0.25, 0.3) is 5.91 Å². The number of nitrogens with zero attached hydrogens (tertiary/aromatic N) is 2. The van der Waals surface area contributed by atoms with Gasteiger partial charge in [-0.2, -0.15) is 0 Å². The molecule has 21 heavy (non-hydrogen) atoms. The van der Waals surface area contributed by atoms with Crippen molar-refractivity contribution in [2.45, 2.75) is 18.9 Å². The summed E-state index contributed by atoms with van der Waals surface area (Å²) in [7, 11) is 0. The number of likely N-dealkylation sites (tertiary alicyclic amines) is 1. The van der Waals surface area contributed by atoms with Crippen LogP contribution in [-0.2, 0) is 11.2 Å². The number of aromatic nitrogens is 1. The molecule has 1 aromatic heterocycles. The molecule has 1 fully saturated rings. The largest absolute Gasteiger partial charge is 0.480 e. The molecular formula is C15H14N2O3S. The average Bonchev–Trinajstić information content (AvgIpc) is 2.86. The van der Waals surface area contributed by atoms with Crippen LogP contribution in [0.2, 0.25) is 0 Å². The van der Waals surface area contributed by atoms with Crippen molar-refractivity contribution in [3.63, 3.8) is 0 Å². The van der Waals surface area contributed by atoms with Crippen molar-refractivity contribution in [1.29, 1.82) is 0 Å². The summed E-state index contributed by atoms with van der Waals surface area (Å²) in [6, 6.07) is 9.21. The van der Waals surface area contributed by atoms with Crippen LogP contribution in [0.4, 0.5) is 0 Å². The molecule has 1 atom stereocenters. The minimum Gasteiger partial charge on any atom is -0.480 e. The van der Waals surface area contributed by atoms with Crippen molar-refractivity contribution in [2.75, 3.05) is 6.54 Å². The van der Waals surface area contributed by atoms with E-state index in [-0.39, 0.29) is 5.91 Å². The molecule has 0 spiro atoms. The molecule has 0 saturated carbocycles. The lowest BCUT2D eigenvalue weighted by Gasteiger charge is -2.37. The third-order valence-corrected chi connectivity index (χ3v) is 4.38.